The molecule has 0 saturated carbocycles. The maximum atomic E-state index is 12.9. The Morgan fingerprint density at radius 2 is 1.58 bits per heavy atom. The molecule has 4 rings (SSSR count). The van der Waals surface area contributed by atoms with Gasteiger partial charge in [-0.15, -0.1) is 12.4 Å². The molecular weight excluding hydrogens is 474 g/mol. The lowest BCUT2D eigenvalue weighted by Gasteiger charge is -2.17. The van der Waals surface area contributed by atoms with Crippen molar-refractivity contribution in [1.29, 1.82) is 0 Å². The molecule has 0 amide bonds. The number of hydrogen-bond acceptors (Lipinski definition) is 5. The number of rotatable bonds is 12. The van der Waals surface area contributed by atoms with Gasteiger partial charge in [0.1, 0.15) is 12.4 Å². The van der Waals surface area contributed by atoms with Gasteiger partial charge in [-0.25, -0.2) is 0 Å². The van der Waals surface area contributed by atoms with E-state index in [4.69, 9.17) is 14.2 Å². The lowest BCUT2D eigenvalue weighted by Crippen LogP contribution is -2.23. The topological polar surface area (TPSA) is 48.0 Å². The number of benzene rings is 3. The third-order valence-electron chi connectivity index (χ3n) is 6.76. The fourth-order valence-corrected chi connectivity index (χ4v) is 4.66. The van der Waals surface area contributed by atoms with E-state index in [0.717, 1.165) is 55.6 Å². The molecule has 5 nitrogen and oxygen atoms in total. The second kappa shape index (κ2) is 13.3. The van der Waals surface area contributed by atoms with Crippen molar-refractivity contribution in [3.8, 4) is 17.2 Å². The van der Waals surface area contributed by atoms with Crippen LogP contribution in [0.5, 0.6) is 17.2 Å². The minimum absolute atomic E-state index is 0. The van der Waals surface area contributed by atoms with Gasteiger partial charge in [-0.05, 0) is 80.2 Å². The Kier molecular flexibility index (Phi) is 10.2. The molecule has 0 heterocycles. The summed E-state index contributed by atoms with van der Waals surface area (Å²) in [6.07, 6.45) is 3.68. The van der Waals surface area contributed by atoms with E-state index in [1.807, 2.05) is 42.5 Å². The second-order valence-corrected chi connectivity index (χ2v) is 9.24. The number of carbonyl (C=O) groups excluding carboxylic acids is 1. The first-order valence-corrected chi connectivity index (χ1v) is 12.3. The predicted molar refractivity (Wildman–Crippen MR) is 146 cm³/mol. The van der Waals surface area contributed by atoms with Crippen molar-refractivity contribution < 1.29 is 19.0 Å². The van der Waals surface area contributed by atoms with Gasteiger partial charge in [0, 0.05) is 18.0 Å². The Morgan fingerprint density at radius 1 is 0.889 bits per heavy atom. The highest BCUT2D eigenvalue weighted by atomic mass is 35.5. The fraction of sp³-hybridized carbons (Fsp3) is 0.367. The van der Waals surface area contributed by atoms with Gasteiger partial charge in [0.2, 0.25) is 0 Å². The van der Waals surface area contributed by atoms with Crippen LogP contribution in [0.1, 0.15) is 39.9 Å². The summed E-state index contributed by atoms with van der Waals surface area (Å²) in [5, 5.41) is 0. The van der Waals surface area contributed by atoms with Crippen LogP contribution in [-0.4, -0.2) is 45.0 Å². The van der Waals surface area contributed by atoms with Gasteiger partial charge >= 0.3 is 0 Å². The molecule has 0 aliphatic heterocycles. The molecule has 0 bridgehead atoms. The van der Waals surface area contributed by atoms with E-state index in [-0.39, 0.29) is 24.1 Å². The summed E-state index contributed by atoms with van der Waals surface area (Å²) >= 11 is 0. The number of Topliss-reactive ketones (excluding diaryl/α,β-unsaturated/α-hetero) is 1. The Labute approximate surface area is 220 Å². The largest absolute Gasteiger partial charge is 0.493 e. The number of carbonyl (C=O) groups is 1. The van der Waals surface area contributed by atoms with Gasteiger partial charge < -0.3 is 19.1 Å². The van der Waals surface area contributed by atoms with Gasteiger partial charge in [-0.1, -0.05) is 42.5 Å². The molecule has 0 aromatic heterocycles. The number of hydrogen-bond donors (Lipinski definition) is 0. The zero-order valence-corrected chi connectivity index (χ0v) is 22.2. The molecule has 36 heavy (non-hydrogen) atoms. The van der Waals surface area contributed by atoms with E-state index < -0.39 is 0 Å². The Morgan fingerprint density at radius 3 is 2.28 bits per heavy atom. The number of methoxy groups -OCH3 is 2. The molecule has 3 aromatic rings. The van der Waals surface area contributed by atoms with Crippen LogP contribution in [-0.2, 0) is 19.4 Å². The summed E-state index contributed by atoms with van der Waals surface area (Å²) in [7, 11) is 5.38. The minimum atomic E-state index is 0. The molecule has 1 aliphatic carbocycles. The highest BCUT2D eigenvalue weighted by Crippen LogP contribution is 2.37. The monoisotopic (exact) mass is 509 g/mol. The number of likely N-dealkylation sites (N-methyl/N-ethyl adjacent to an activating group) is 1. The summed E-state index contributed by atoms with van der Waals surface area (Å²) in [5.41, 5.74) is 4.33. The van der Waals surface area contributed by atoms with Gasteiger partial charge in [-0.3, -0.25) is 4.79 Å². The number of ether oxygens (including phenoxy) is 3. The van der Waals surface area contributed by atoms with Gasteiger partial charge in [0.25, 0.3) is 0 Å². The summed E-state index contributed by atoms with van der Waals surface area (Å²) in [6.45, 7) is 2.54. The van der Waals surface area contributed by atoms with Crippen LogP contribution in [0.25, 0.3) is 0 Å². The van der Waals surface area contributed by atoms with Crippen molar-refractivity contribution in [2.24, 2.45) is 5.92 Å². The van der Waals surface area contributed by atoms with Crippen molar-refractivity contribution in [1.82, 2.24) is 4.90 Å². The van der Waals surface area contributed by atoms with Crippen LogP contribution in [0, 0.1) is 5.92 Å². The Balaban J connectivity index is 0.00000361. The highest BCUT2D eigenvalue weighted by Gasteiger charge is 2.31. The molecule has 0 N–H and O–H groups in total. The molecule has 192 valence electrons. The number of ketones is 1. The summed E-state index contributed by atoms with van der Waals surface area (Å²) < 4.78 is 16.6. The zero-order valence-electron chi connectivity index (χ0n) is 21.4. The SMILES string of the molecule is COc1cc2c(cc1OC)C(=O)C(CCCN(C)CCc1ccc(OCc3ccccc3)cc1)C2.Cl. The average molecular weight is 510 g/mol. The molecule has 1 unspecified atom stereocenters. The van der Waals surface area contributed by atoms with Crippen molar-refractivity contribution in [3.05, 3.63) is 89.0 Å². The van der Waals surface area contributed by atoms with Crippen LogP contribution < -0.4 is 14.2 Å². The number of halogens is 1. The molecule has 0 saturated heterocycles. The van der Waals surface area contributed by atoms with Crippen molar-refractivity contribution in [3.63, 3.8) is 0 Å². The first-order chi connectivity index (χ1) is 17.1. The maximum Gasteiger partial charge on any atom is 0.166 e. The van der Waals surface area contributed by atoms with Crippen molar-refractivity contribution in [2.45, 2.75) is 32.3 Å². The van der Waals surface area contributed by atoms with Crippen LogP contribution in [0.2, 0.25) is 0 Å². The van der Waals surface area contributed by atoms with E-state index in [0.29, 0.717) is 18.1 Å². The van der Waals surface area contributed by atoms with Crippen LogP contribution >= 0.6 is 12.4 Å². The van der Waals surface area contributed by atoms with Crippen molar-refractivity contribution in [2.75, 3.05) is 34.4 Å². The summed E-state index contributed by atoms with van der Waals surface area (Å²) in [4.78, 5) is 15.2. The lowest BCUT2D eigenvalue weighted by atomic mass is 9.99. The van der Waals surface area contributed by atoms with Gasteiger partial charge in [0.15, 0.2) is 17.3 Å². The molecule has 3 aromatic carbocycles. The fourth-order valence-electron chi connectivity index (χ4n) is 4.66. The Hall–Kier alpha value is -3.02. The first kappa shape index (κ1) is 27.6. The van der Waals surface area contributed by atoms with Gasteiger partial charge in [0.05, 0.1) is 14.2 Å². The second-order valence-electron chi connectivity index (χ2n) is 9.24. The van der Waals surface area contributed by atoms with E-state index in [1.54, 1.807) is 14.2 Å². The molecule has 6 heteroatoms. The van der Waals surface area contributed by atoms with Crippen LogP contribution in [0.15, 0.2) is 66.7 Å². The van der Waals surface area contributed by atoms with E-state index >= 15 is 0 Å². The van der Waals surface area contributed by atoms with E-state index in [2.05, 4.69) is 36.2 Å². The first-order valence-electron chi connectivity index (χ1n) is 12.3. The van der Waals surface area contributed by atoms with Crippen LogP contribution in [0.4, 0.5) is 0 Å². The standard InChI is InChI=1S/C30H35NO4.ClH/c1-31(17-15-22-11-13-26(14-12-22)35-21-23-8-5-4-6-9-23)16-7-10-24-18-25-19-28(33-2)29(34-3)20-27(25)30(24)32;/h4-6,8-9,11-14,19-20,24H,7,10,15-18,21H2,1-3H3;1H. The minimum Gasteiger partial charge on any atom is -0.493 e. The maximum absolute atomic E-state index is 12.9. The molecule has 0 radical (unpaired) electrons. The predicted octanol–water partition coefficient (Wildman–Crippen LogP) is 6.01. The smallest absolute Gasteiger partial charge is 0.166 e. The normalized spacial score (nSPS) is 14.3. The summed E-state index contributed by atoms with van der Waals surface area (Å²) in [5.74, 6) is 2.49. The highest BCUT2D eigenvalue weighted by molar-refractivity contribution is 6.02. The third-order valence-corrected chi connectivity index (χ3v) is 6.76. The average Bonchev–Trinajstić information content (AvgIpc) is 3.20. The lowest BCUT2D eigenvalue weighted by molar-refractivity contribution is 0.0927. The van der Waals surface area contributed by atoms with E-state index in [9.17, 15) is 4.79 Å². The summed E-state index contributed by atoms with van der Waals surface area (Å²) in [6, 6.07) is 22.4. The van der Waals surface area contributed by atoms with Crippen LogP contribution in [0.3, 0.4) is 0 Å². The molecule has 0 spiro atoms. The molecule has 1 atom stereocenters. The number of nitrogens with zero attached hydrogens (tertiary/aromatic N) is 1. The van der Waals surface area contributed by atoms with Gasteiger partial charge in [-0.2, -0.15) is 0 Å². The quantitative estimate of drug-likeness (QED) is 0.299. The Bertz CT molecular complexity index is 1120. The molecular formula is C30H36ClNO4. The number of fused-ring (bicyclic) bond motifs is 1. The third kappa shape index (κ3) is 7.02. The zero-order chi connectivity index (χ0) is 24.6. The molecule has 0 fully saturated rings. The molecule has 1 aliphatic rings. The van der Waals surface area contributed by atoms with E-state index in [1.165, 1.54) is 11.1 Å². The van der Waals surface area contributed by atoms with Crippen molar-refractivity contribution >= 4 is 18.2 Å².